The van der Waals surface area contributed by atoms with E-state index in [0.29, 0.717) is 17.4 Å². The van der Waals surface area contributed by atoms with Gasteiger partial charge in [0.15, 0.2) is 11.6 Å². The maximum absolute atomic E-state index is 12.9. The summed E-state index contributed by atoms with van der Waals surface area (Å²) in [6, 6.07) is 9.35. The van der Waals surface area contributed by atoms with Crippen LogP contribution in [0.2, 0.25) is 0 Å². The van der Waals surface area contributed by atoms with E-state index in [9.17, 15) is 9.59 Å². The molecule has 1 amide bonds. The molecule has 1 aromatic heterocycles. The zero-order valence-electron chi connectivity index (χ0n) is 16.5. The Morgan fingerprint density at radius 1 is 1.18 bits per heavy atom. The predicted octanol–water partition coefficient (Wildman–Crippen LogP) is 3.41. The van der Waals surface area contributed by atoms with Crippen LogP contribution in [0.4, 0.5) is 11.5 Å². The second kappa shape index (κ2) is 7.70. The lowest BCUT2D eigenvalue weighted by Crippen LogP contribution is -2.55. The quantitative estimate of drug-likeness (QED) is 0.746. The fourth-order valence-corrected chi connectivity index (χ4v) is 4.37. The van der Waals surface area contributed by atoms with Crippen LogP contribution in [-0.2, 0) is 11.2 Å². The van der Waals surface area contributed by atoms with E-state index in [-0.39, 0.29) is 24.2 Å². The van der Waals surface area contributed by atoms with E-state index in [2.05, 4.69) is 9.88 Å². The summed E-state index contributed by atoms with van der Waals surface area (Å²) in [6.07, 6.45) is 7.11. The van der Waals surface area contributed by atoms with Gasteiger partial charge in [0.05, 0.1) is 12.6 Å². The van der Waals surface area contributed by atoms with Gasteiger partial charge in [-0.2, -0.15) is 0 Å². The van der Waals surface area contributed by atoms with Crippen molar-refractivity contribution in [1.29, 1.82) is 0 Å². The van der Waals surface area contributed by atoms with Gasteiger partial charge in [0, 0.05) is 18.7 Å². The Hall–Kier alpha value is -2.76. The summed E-state index contributed by atoms with van der Waals surface area (Å²) in [7, 11) is 1.79. The molecule has 4 rings (SSSR count). The molecule has 2 aromatic rings. The van der Waals surface area contributed by atoms with E-state index in [1.54, 1.807) is 18.1 Å². The zero-order chi connectivity index (χ0) is 19.7. The number of anilines is 2. The van der Waals surface area contributed by atoms with Crippen molar-refractivity contribution in [2.75, 3.05) is 16.8 Å². The lowest BCUT2D eigenvalue weighted by atomic mass is 10.0. The van der Waals surface area contributed by atoms with Crippen molar-refractivity contribution in [3.05, 3.63) is 47.9 Å². The van der Waals surface area contributed by atoms with Gasteiger partial charge < -0.3 is 9.80 Å². The molecule has 1 aliphatic carbocycles. The van der Waals surface area contributed by atoms with E-state index in [0.717, 1.165) is 30.8 Å². The Balaban J connectivity index is 1.69. The number of likely N-dealkylation sites (N-methyl/N-ethyl adjacent to an activating group) is 1. The first-order valence-electron chi connectivity index (χ1n) is 10.1. The summed E-state index contributed by atoms with van der Waals surface area (Å²) < 4.78 is 0. The number of Topliss-reactive ketones (excluding diaryl/α,β-unsaturated/α-hetero) is 1. The second-order valence-electron chi connectivity index (χ2n) is 7.63. The van der Waals surface area contributed by atoms with Crippen LogP contribution in [0.3, 0.4) is 0 Å². The molecule has 1 saturated carbocycles. The normalized spacial score (nSPS) is 19.8. The van der Waals surface area contributed by atoms with E-state index >= 15 is 0 Å². The molecule has 0 saturated heterocycles. The number of rotatable bonds is 5. The molecule has 0 bridgehead atoms. The van der Waals surface area contributed by atoms with Crippen molar-refractivity contribution in [3.8, 4) is 0 Å². The standard InChI is InChI=1S/C22H26N4O2/c1-3-17-22(28)25(2)18-14-23-20(13-19(27)15-9-5-4-6-10-15)24-21(18)26(17)16-11-7-8-12-16/h4-6,9-10,14,16-17H,3,7-8,11-13H2,1-2H3. The lowest BCUT2D eigenvalue weighted by molar-refractivity contribution is -0.120. The molecule has 0 radical (unpaired) electrons. The highest BCUT2D eigenvalue weighted by atomic mass is 16.2. The highest BCUT2D eigenvalue weighted by molar-refractivity contribution is 6.04. The molecular formula is C22H26N4O2. The van der Waals surface area contributed by atoms with Crippen molar-refractivity contribution in [1.82, 2.24) is 9.97 Å². The van der Waals surface area contributed by atoms with Gasteiger partial charge in [-0.1, -0.05) is 50.1 Å². The molecule has 1 aliphatic heterocycles. The molecule has 146 valence electrons. The Morgan fingerprint density at radius 3 is 2.57 bits per heavy atom. The van der Waals surface area contributed by atoms with Crippen molar-refractivity contribution >= 4 is 23.2 Å². The summed E-state index contributed by atoms with van der Waals surface area (Å²) >= 11 is 0. The minimum Gasteiger partial charge on any atom is -0.340 e. The van der Waals surface area contributed by atoms with Crippen molar-refractivity contribution in [2.24, 2.45) is 0 Å². The number of fused-ring (bicyclic) bond motifs is 1. The van der Waals surface area contributed by atoms with Gasteiger partial charge in [0.25, 0.3) is 0 Å². The van der Waals surface area contributed by atoms with Gasteiger partial charge in [-0.15, -0.1) is 0 Å². The second-order valence-corrected chi connectivity index (χ2v) is 7.63. The van der Waals surface area contributed by atoms with E-state index in [1.165, 1.54) is 12.8 Å². The van der Waals surface area contributed by atoms with Gasteiger partial charge in [0.2, 0.25) is 5.91 Å². The summed E-state index contributed by atoms with van der Waals surface area (Å²) in [4.78, 5) is 38.6. The van der Waals surface area contributed by atoms with Gasteiger partial charge in [0.1, 0.15) is 17.6 Å². The smallest absolute Gasteiger partial charge is 0.249 e. The number of hydrogen-bond donors (Lipinski definition) is 0. The number of aromatic nitrogens is 2. The number of carbonyl (C=O) groups excluding carboxylic acids is 2. The average Bonchev–Trinajstić information content (AvgIpc) is 3.25. The Kier molecular flexibility index (Phi) is 5.11. The summed E-state index contributed by atoms with van der Waals surface area (Å²) in [5.74, 6) is 1.40. The number of ketones is 1. The van der Waals surface area contributed by atoms with Crippen LogP contribution in [0.1, 0.15) is 55.2 Å². The van der Waals surface area contributed by atoms with E-state index < -0.39 is 0 Å². The third-order valence-corrected chi connectivity index (χ3v) is 5.88. The van der Waals surface area contributed by atoms with Crippen LogP contribution in [-0.4, -0.2) is 40.8 Å². The number of amides is 1. The van der Waals surface area contributed by atoms with Crippen LogP contribution >= 0.6 is 0 Å². The third-order valence-electron chi connectivity index (χ3n) is 5.88. The molecule has 0 spiro atoms. The van der Waals surface area contributed by atoms with Crippen molar-refractivity contribution in [3.63, 3.8) is 0 Å². The first-order chi connectivity index (χ1) is 13.6. The van der Waals surface area contributed by atoms with Gasteiger partial charge in [-0.25, -0.2) is 9.97 Å². The van der Waals surface area contributed by atoms with Crippen molar-refractivity contribution < 1.29 is 9.59 Å². The average molecular weight is 378 g/mol. The molecule has 28 heavy (non-hydrogen) atoms. The maximum atomic E-state index is 12.9. The minimum atomic E-state index is -0.201. The Labute approximate surface area is 165 Å². The van der Waals surface area contributed by atoms with Gasteiger partial charge >= 0.3 is 0 Å². The van der Waals surface area contributed by atoms with Crippen LogP contribution in [0.5, 0.6) is 0 Å². The fraction of sp³-hybridized carbons (Fsp3) is 0.455. The van der Waals surface area contributed by atoms with Crippen LogP contribution in [0.25, 0.3) is 0 Å². The molecule has 1 atom stereocenters. The maximum Gasteiger partial charge on any atom is 0.249 e. The summed E-state index contributed by atoms with van der Waals surface area (Å²) in [5, 5.41) is 0. The molecule has 1 aromatic carbocycles. The summed E-state index contributed by atoms with van der Waals surface area (Å²) in [5.41, 5.74) is 1.40. The van der Waals surface area contributed by atoms with Crippen molar-refractivity contribution in [2.45, 2.75) is 57.5 Å². The summed E-state index contributed by atoms with van der Waals surface area (Å²) in [6.45, 7) is 2.05. The molecule has 0 N–H and O–H groups in total. The van der Waals surface area contributed by atoms with Gasteiger partial charge in [-0.05, 0) is 19.3 Å². The third kappa shape index (κ3) is 3.28. The number of nitrogens with zero attached hydrogens (tertiary/aromatic N) is 4. The molecule has 2 heterocycles. The highest BCUT2D eigenvalue weighted by Gasteiger charge is 2.41. The lowest BCUT2D eigenvalue weighted by Gasteiger charge is -2.43. The van der Waals surface area contributed by atoms with Crippen LogP contribution in [0, 0.1) is 0 Å². The molecule has 6 heteroatoms. The molecule has 1 unspecified atom stereocenters. The first kappa shape index (κ1) is 18.6. The number of carbonyl (C=O) groups is 2. The fourth-order valence-electron chi connectivity index (χ4n) is 4.37. The largest absolute Gasteiger partial charge is 0.340 e. The monoisotopic (exact) mass is 378 g/mol. The molecule has 1 fully saturated rings. The zero-order valence-corrected chi connectivity index (χ0v) is 16.5. The SMILES string of the molecule is CCC1C(=O)N(C)c2cnc(CC(=O)c3ccccc3)nc2N1C1CCCC1. The van der Waals surface area contributed by atoms with Crippen LogP contribution in [0.15, 0.2) is 36.5 Å². The van der Waals surface area contributed by atoms with E-state index in [4.69, 9.17) is 4.98 Å². The first-order valence-corrected chi connectivity index (χ1v) is 10.1. The molecular weight excluding hydrogens is 352 g/mol. The minimum absolute atomic E-state index is 0.000230. The topological polar surface area (TPSA) is 66.4 Å². The van der Waals surface area contributed by atoms with Crippen LogP contribution < -0.4 is 9.80 Å². The Bertz CT molecular complexity index is 877. The number of benzene rings is 1. The Morgan fingerprint density at radius 2 is 1.89 bits per heavy atom. The van der Waals surface area contributed by atoms with Gasteiger partial charge in [-0.3, -0.25) is 9.59 Å². The molecule has 6 nitrogen and oxygen atoms in total. The highest BCUT2D eigenvalue weighted by Crippen LogP contribution is 2.39. The number of hydrogen-bond acceptors (Lipinski definition) is 5. The van der Waals surface area contributed by atoms with E-state index in [1.807, 2.05) is 37.3 Å². The molecule has 2 aliphatic rings. The predicted molar refractivity (Wildman–Crippen MR) is 109 cm³/mol.